The molecule has 2 heterocycles. The van der Waals surface area contributed by atoms with Crippen LogP contribution in [0.15, 0.2) is 72.8 Å². The minimum atomic E-state index is -0.573. The summed E-state index contributed by atoms with van der Waals surface area (Å²) in [5, 5.41) is 3.38. The average molecular weight is 520 g/mol. The number of hydrogen-bond acceptors (Lipinski definition) is 3. The number of hydrogen-bond donors (Lipinski definition) is 1. The van der Waals surface area contributed by atoms with Crippen molar-refractivity contribution in [2.45, 2.75) is 19.4 Å². The lowest BCUT2D eigenvalue weighted by Crippen LogP contribution is -2.35. The Morgan fingerprint density at radius 2 is 1.62 bits per heavy atom. The van der Waals surface area contributed by atoms with Crippen LogP contribution >= 0.6 is 11.6 Å². The number of benzene rings is 3. The maximum atomic E-state index is 14.3. The largest absolute Gasteiger partial charge is 0.345 e. The molecule has 0 spiro atoms. The second-order valence-electron chi connectivity index (χ2n) is 10.2. The molecule has 0 aromatic heterocycles. The number of carbonyl (C=O) groups is 2. The molecule has 0 radical (unpaired) electrons. The van der Waals surface area contributed by atoms with Gasteiger partial charge in [0.2, 0.25) is 0 Å². The Kier molecular flexibility index (Phi) is 7.58. The molecule has 5 rings (SSSR count). The van der Waals surface area contributed by atoms with E-state index >= 15 is 0 Å². The van der Waals surface area contributed by atoms with E-state index in [2.05, 4.69) is 22.3 Å². The molecule has 2 amide bonds. The van der Waals surface area contributed by atoms with Gasteiger partial charge in [-0.25, -0.2) is 4.39 Å². The Bertz CT molecular complexity index is 1230. The lowest BCUT2D eigenvalue weighted by Gasteiger charge is -2.25. The Labute approximate surface area is 222 Å². The van der Waals surface area contributed by atoms with Crippen LogP contribution in [0.25, 0.3) is 0 Å². The van der Waals surface area contributed by atoms with Gasteiger partial charge in [0.15, 0.2) is 0 Å². The number of halogens is 2. The van der Waals surface area contributed by atoms with E-state index in [1.54, 1.807) is 11.0 Å². The minimum absolute atomic E-state index is 0.0315. The monoisotopic (exact) mass is 519 g/mol. The molecule has 3 aromatic rings. The van der Waals surface area contributed by atoms with Gasteiger partial charge in [-0.15, -0.1) is 0 Å². The van der Waals surface area contributed by atoms with Gasteiger partial charge in [0.25, 0.3) is 11.8 Å². The number of likely N-dealkylation sites (tertiary alicyclic amines) is 2. The summed E-state index contributed by atoms with van der Waals surface area (Å²) in [6.45, 7) is 5.82. The van der Waals surface area contributed by atoms with Gasteiger partial charge in [-0.3, -0.25) is 9.59 Å². The van der Waals surface area contributed by atoms with Gasteiger partial charge in [0, 0.05) is 38.3 Å². The maximum absolute atomic E-state index is 14.3. The summed E-state index contributed by atoms with van der Waals surface area (Å²) < 4.78 is 14.3. The minimum Gasteiger partial charge on any atom is -0.345 e. The first-order chi connectivity index (χ1) is 17.9. The topological polar surface area (TPSA) is 52.7 Å². The van der Waals surface area contributed by atoms with Gasteiger partial charge < -0.3 is 15.1 Å². The molecule has 192 valence electrons. The smallest absolute Gasteiger partial charge is 0.258 e. The van der Waals surface area contributed by atoms with Gasteiger partial charge in [-0.05, 0) is 55.0 Å². The van der Waals surface area contributed by atoms with Crippen molar-refractivity contribution in [2.75, 3.05) is 32.7 Å². The SMILES string of the molecule is Cc1ccc(C(=O)NC(CCN2CC3CN(C(=O)c4c(F)cccc4Cl)C[C@@H]3C2)c2ccccc2)cc1. The van der Waals surface area contributed by atoms with Crippen LogP contribution in [0.4, 0.5) is 4.39 Å². The van der Waals surface area contributed by atoms with Gasteiger partial charge in [0.05, 0.1) is 16.6 Å². The lowest BCUT2D eigenvalue weighted by molar-refractivity contribution is 0.0769. The summed E-state index contributed by atoms with van der Waals surface area (Å²) in [6, 6.07) is 21.9. The maximum Gasteiger partial charge on any atom is 0.258 e. The van der Waals surface area contributed by atoms with Crippen molar-refractivity contribution in [3.05, 3.63) is 106 Å². The summed E-state index contributed by atoms with van der Waals surface area (Å²) in [5.74, 6) is -0.269. The summed E-state index contributed by atoms with van der Waals surface area (Å²) in [5.41, 5.74) is 2.83. The van der Waals surface area contributed by atoms with Crippen LogP contribution in [0.1, 0.15) is 44.3 Å². The number of fused-ring (bicyclic) bond motifs is 1. The first-order valence-electron chi connectivity index (χ1n) is 12.8. The van der Waals surface area contributed by atoms with Crippen LogP contribution in [0.5, 0.6) is 0 Å². The Hall–Kier alpha value is -3.22. The van der Waals surface area contributed by atoms with E-state index < -0.39 is 5.82 Å². The van der Waals surface area contributed by atoms with Crippen LogP contribution in [-0.2, 0) is 0 Å². The lowest BCUT2D eigenvalue weighted by atomic mass is 10.0. The Morgan fingerprint density at radius 3 is 2.27 bits per heavy atom. The average Bonchev–Trinajstić information content (AvgIpc) is 3.46. The van der Waals surface area contributed by atoms with E-state index in [0.717, 1.165) is 37.2 Å². The molecule has 7 heteroatoms. The zero-order valence-corrected chi connectivity index (χ0v) is 21.6. The highest BCUT2D eigenvalue weighted by Gasteiger charge is 2.42. The van der Waals surface area contributed by atoms with Gasteiger partial charge in [0.1, 0.15) is 5.82 Å². The molecule has 2 aliphatic rings. The van der Waals surface area contributed by atoms with E-state index in [0.29, 0.717) is 30.5 Å². The van der Waals surface area contributed by atoms with Crippen molar-refractivity contribution in [2.24, 2.45) is 11.8 Å². The van der Waals surface area contributed by atoms with Gasteiger partial charge in [-0.2, -0.15) is 0 Å². The van der Waals surface area contributed by atoms with Crippen LogP contribution in [-0.4, -0.2) is 54.3 Å². The van der Waals surface area contributed by atoms with Crippen LogP contribution in [0.3, 0.4) is 0 Å². The molecule has 0 bridgehead atoms. The third kappa shape index (κ3) is 5.71. The second kappa shape index (κ2) is 11.0. The molecule has 2 unspecified atom stereocenters. The van der Waals surface area contributed by atoms with Crippen LogP contribution in [0.2, 0.25) is 5.02 Å². The molecule has 3 aromatic carbocycles. The zero-order chi connectivity index (χ0) is 25.9. The molecule has 2 fully saturated rings. The predicted molar refractivity (Wildman–Crippen MR) is 143 cm³/mol. The molecule has 2 saturated heterocycles. The predicted octanol–water partition coefficient (Wildman–Crippen LogP) is 5.35. The number of rotatable bonds is 7. The summed E-state index contributed by atoms with van der Waals surface area (Å²) in [6.07, 6.45) is 0.786. The highest BCUT2D eigenvalue weighted by molar-refractivity contribution is 6.33. The molecule has 5 nitrogen and oxygen atoms in total. The molecule has 0 saturated carbocycles. The van der Waals surface area contributed by atoms with Crippen LogP contribution < -0.4 is 5.32 Å². The standard InChI is InChI=1S/C30H31ClFN3O2/c1-20-10-12-22(13-11-20)29(36)33-27(21-6-3-2-4-7-21)14-15-34-16-23-18-35(19-24(23)17-34)30(37)28-25(31)8-5-9-26(28)32/h2-13,23-24,27H,14-19H2,1H3,(H,33,36)/t23-,24?,27?/m0/s1. The van der Waals surface area contributed by atoms with E-state index in [1.807, 2.05) is 49.4 Å². The van der Waals surface area contributed by atoms with Crippen molar-refractivity contribution >= 4 is 23.4 Å². The molecular weight excluding hydrogens is 489 g/mol. The zero-order valence-electron chi connectivity index (χ0n) is 20.9. The second-order valence-corrected chi connectivity index (χ2v) is 10.6. The molecule has 0 aliphatic carbocycles. The van der Waals surface area contributed by atoms with Crippen LogP contribution in [0, 0.1) is 24.6 Å². The molecule has 1 N–H and O–H groups in total. The normalized spacial score (nSPS) is 20.0. The van der Waals surface area contributed by atoms with E-state index in [-0.39, 0.29) is 28.4 Å². The van der Waals surface area contributed by atoms with E-state index in [4.69, 9.17) is 11.6 Å². The Morgan fingerprint density at radius 1 is 0.946 bits per heavy atom. The van der Waals surface area contributed by atoms with Crippen molar-refractivity contribution in [3.8, 4) is 0 Å². The number of nitrogens with one attached hydrogen (secondary N) is 1. The molecular formula is C30H31ClFN3O2. The number of aryl methyl sites for hydroxylation is 1. The third-order valence-corrected chi connectivity index (χ3v) is 7.90. The van der Waals surface area contributed by atoms with E-state index in [9.17, 15) is 14.0 Å². The van der Waals surface area contributed by atoms with Crippen molar-refractivity contribution in [1.29, 1.82) is 0 Å². The van der Waals surface area contributed by atoms with E-state index in [1.165, 1.54) is 12.1 Å². The van der Waals surface area contributed by atoms with Gasteiger partial charge in [-0.1, -0.05) is 65.7 Å². The Balaban J connectivity index is 1.19. The fraction of sp³-hybridized carbons (Fsp3) is 0.333. The fourth-order valence-corrected chi connectivity index (χ4v) is 5.81. The molecule has 3 atom stereocenters. The quantitative estimate of drug-likeness (QED) is 0.457. The summed E-state index contributed by atoms with van der Waals surface area (Å²) in [4.78, 5) is 30.1. The number of nitrogens with zero attached hydrogens (tertiary/aromatic N) is 2. The van der Waals surface area contributed by atoms with Crippen molar-refractivity contribution < 1.29 is 14.0 Å². The summed E-state index contributed by atoms with van der Waals surface area (Å²) in [7, 11) is 0. The molecule has 37 heavy (non-hydrogen) atoms. The fourth-order valence-electron chi connectivity index (χ4n) is 5.56. The number of carbonyl (C=O) groups excluding carboxylic acids is 2. The first kappa shape index (κ1) is 25.4. The van der Waals surface area contributed by atoms with Crippen molar-refractivity contribution in [1.82, 2.24) is 15.1 Å². The highest BCUT2D eigenvalue weighted by Crippen LogP contribution is 2.33. The van der Waals surface area contributed by atoms with Gasteiger partial charge >= 0.3 is 0 Å². The molecule has 2 aliphatic heterocycles. The first-order valence-corrected chi connectivity index (χ1v) is 13.1. The highest BCUT2D eigenvalue weighted by atomic mass is 35.5. The number of amides is 2. The van der Waals surface area contributed by atoms with Crippen molar-refractivity contribution in [3.63, 3.8) is 0 Å². The third-order valence-electron chi connectivity index (χ3n) is 7.58. The summed E-state index contributed by atoms with van der Waals surface area (Å²) >= 11 is 6.12.